The Balaban J connectivity index is 1.97. The molecule has 0 bridgehead atoms. The summed E-state index contributed by atoms with van der Waals surface area (Å²) < 4.78 is 0. The first-order valence-electron chi connectivity index (χ1n) is 6.98. The SMILES string of the molecule is Cc1c(C(=O)N2CCCC(CO)C2)sc2nc[nH]c(=O)c12. The van der Waals surface area contributed by atoms with Gasteiger partial charge in [0, 0.05) is 19.7 Å². The molecule has 1 saturated heterocycles. The maximum atomic E-state index is 12.7. The Kier molecular flexibility index (Phi) is 3.77. The summed E-state index contributed by atoms with van der Waals surface area (Å²) in [4.78, 5) is 34.2. The second kappa shape index (κ2) is 5.57. The van der Waals surface area contributed by atoms with Crippen molar-refractivity contribution in [2.24, 2.45) is 5.92 Å². The summed E-state index contributed by atoms with van der Waals surface area (Å²) in [7, 11) is 0. The average Bonchev–Trinajstić information content (AvgIpc) is 2.85. The fourth-order valence-electron chi connectivity index (χ4n) is 2.82. The number of nitrogens with one attached hydrogen (secondary N) is 1. The molecule has 1 aliphatic heterocycles. The number of H-pyrrole nitrogens is 1. The van der Waals surface area contributed by atoms with Crippen molar-refractivity contribution in [1.82, 2.24) is 14.9 Å². The number of nitrogens with zero attached hydrogens (tertiary/aromatic N) is 2. The lowest BCUT2D eigenvalue weighted by atomic mass is 9.99. The molecule has 3 heterocycles. The molecule has 2 aromatic rings. The number of thiophene rings is 1. The lowest BCUT2D eigenvalue weighted by molar-refractivity contribution is 0.0625. The van der Waals surface area contributed by atoms with E-state index < -0.39 is 0 Å². The molecule has 0 aliphatic carbocycles. The standard InChI is InChI=1S/C14H17N3O3S/c1-8-10-12(19)15-7-16-13(10)21-11(8)14(20)17-4-2-3-9(5-17)6-18/h7,9,18H,2-6H2,1H3,(H,15,16,19). The topological polar surface area (TPSA) is 86.3 Å². The lowest BCUT2D eigenvalue weighted by Gasteiger charge is -2.31. The van der Waals surface area contributed by atoms with E-state index in [0.29, 0.717) is 33.7 Å². The normalized spacial score (nSPS) is 19.1. The van der Waals surface area contributed by atoms with Gasteiger partial charge in [-0.15, -0.1) is 11.3 Å². The minimum atomic E-state index is -0.209. The number of hydrogen-bond donors (Lipinski definition) is 2. The number of aromatic amines is 1. The van der Waals surface area contributed by atoms with Crippen molar-refractivity contribution < 1.29 is 9.90 Å². The Morgan fingerprint density at radius 1 is 1.62 bits per heavy atom. The van der Waals surface area contributed by atoms with Crippen LogP contribution in [0.4, 0.5) is 0 Å². The van der Waals surface area contributed by atoms with Gasteiger partial charge in [-0.25, -0.2) is 4.98 Å². The maximum absolute atomic E-state index is 12.7. The van der Waals surface area contributed by atoms with Crippen LogP contribution in [0.25, 0.3) is 10.2 Å². The van der Waals surface area contributed by atoms with Crippen LogP contribution in [-0.4, -0.2) is 45.6 Å². The van der Waals surface area contributed by atoms with E-state index in [1.807, 2.05) is 0 Å². The quantitative estimate of drug-likeness (QED) is 0.871. The molecule has 0 aromatic carbocycles. The molecule has 1 atom stereocenters. The van der Waals surface area contributed by atoms with Crippen molar-refractivity contribution in [3.05, 3.63) is 27.1 Å². The smallest absolute Gasteiger partial charge is 0.264 e. The van der Waals surface area contributed by atoms with Crippen LogP contribution < -0.4 is 5.56 Å². The molecule has 112 valence electrons. The first-order chi connectivity index (χ1) is 10.1. The zero-order valence-corrected chi connectivity index (χ0v) is 12.6. The Morgan fingerprint density at radius 3 is 3.14 bits per heavy atom. The Bertz CT molecular complexity index is 737. The monoisotopic (exact) mass is 307 g/mol. The van der Waals surface area contributed by atoms with Crippen molar-refractivity contribution in [3.63, 3.8) is 0 Å². The highest BCUT2D eigenvalue weighted by molar-refractivity contribution is 7.20. The van der Waals surface area contributed by atoms with Crippen LogP contribution in [0.3, 0.4) is 0 Å². The van der Waals surface area contributed by atoms with Gasteiger partial charge in [-0.2, -0.15) is 0 Å². The van der Waals surface area contributed by atoms with Crippen molar-refractivity contribution in [1.29, 1.82) is 0 Å². The van der Waals surface area contributed by atoms with Crippen LogP contribution in [0.5, 0.6) is 0 Å². The molecule has 1 amide bonds. The van der Waals surface area contributed by atoms with Gasteiger partial charge in [-0.05, 0) is 31.2 Å². The Hall–Kier alpha value is -1.73. The summed E-state index contributed by atoms with van der Waals surface area (Å²) in [6, 6.07) is 0. The molecule has 0 spiro atoms. The van der Waals surface area contributed by atoms with E-state index in [-0.39, 0.29) is 24.0 Å². The van der Waals surface area contributed by atoms with Crippen LogP contribution in [0.2, 0.25) is 0 Å². The number of carbonyl (C=O) groups excluding carboxylic acids is 1. The van der Waals surface area contributed by atoms with E-state index >= 15 is 0 Å². The van der Waals surface area contributed by atoms with Gasteiger partial charge in [0.2, 0.25) is 0 Å². The van der Waals surface area contributed by atoms with E-state index in [1.54, 1.807) is 11.8 Å². The second-order valence-corrected chi connectivity index (χ2v) is 6.41. The van der Waals surface area contributed by atoms with Gasteiger partial charge in [-0.3, -0.25) is 9.59 Å². The Morgan fingerprint density at radius 2 is 2.43 bits per heavy atom. The molecule has 7 heteroatoms. The molecule has 6 nitrogen and oxygen atoms in total. The molecule has 1 fully saturated rings. The predicted molar refractivity (Wildman–Crippen MR) is 80.7 cm³/mol. The zero-order valence-electron chi connectivity index (χ0n) is 11.8. The third-order valence-electron chi connectivity index (χ3n) is 3.99. The zero-order chi connectivity index (χ0) is 15.0. The Labute approximate surface area is 125 Å². The summed E-state index contributed by atoms with van der Waals surface area (Å²) in [5.74, 6) is 0.0898. The average molecular weight is 307 g/mol. The number of rotatable bonds is 2. The number of carbonyl (C=O) groups is 1. The molecular weight excluding hydrogens is 290 g/mol. The minimum Gasteiger partial charge on any atom is -0.396 e. The number of likely N-dealkylation sites (tertiary alicyclic amines) is 1. The van der Waals surface area contributed by atoms with Crippen LogP contribution in [0.15, 0.2) is 11.1 Å². The number of aryl methyl sites for hydroxylation is 1. The first-order valence-corrected chi connectivity index (χ1v) is 7.80. The summed E-state index contributed by atoms with van der Waals surface area (Å²) in [6.45, 7) is 3.17. The summed E-state index contributed by atoms with van der Waals surface area (Å²) in [6.07, 6.45) is 3.21. The molecule has 1 unspecified atom stereocenters. The van der Waals surface area contributed by atoms with Gasteiger partial charge >= 0.3 is 0 Å². The summed E-state index contributed by atoms with van der Waals surface area (Å²) in [5.41, 5.74) is 0.486. The summed E-state index contributed by atoms with van der Waals surface area (Å²) in [5, 5.41) is 9.78. The molecular formula is C14H17N3O3S. The molecule has 2 aromatic heterocycles. The van der Waals surface area contributed by atoms with Crippen molar-refractivity contribution in [3.8, 4) is 0 Å². The fraction of sp³-hybridized carbons (Fsp3) is 0.500. The summed E-state index contributed by atoms with van der Waals surface area (Å²) >= 11 is 1.26. The van der Waals surface area contributed by atoms with Gasteiger partial charge in [-0.1, -0.05) is 0 Å². The molecule has 3 rings (SSSR count). The number of hydrogen-bond acceptors (Lipinski definition) is 5. The number of fused-ring (bicyclic) bond motifs is 1. The van der Waals surface area contributed by atoms with Gasteiger partial charge < -0.3 is 15.0 Å². The van der Waals surface area contributed by atoms with E-state index in [1.165, 1.54) is 17.7 Å². The molecule has 0 saturated carbocycles. The number of aliphatic hydroxyl groups excluding tert-OH is 1. The molecule has 2 N–H and O–H groups in total. The molecule has 21 heavy (non-hydrogen) atoms. The highest BCUT2D eigenvalue weighted by Gasteiger charge is 2.27. The number of piperidine rings is 1. The molecule has 1 aliphatic rings. The van der Waals surface area contributed by atoms with Crippen molar-refractivity contribution >= 4 is 27.5 Å². The van der Waals surface area contributed by atoms with E-state index in [0.717, 1.165) is 12.8 Å². The van der Waals surface area contributed by atoms with Crippen LogP contribution in [0, 0.1) is 12.8 Å². The van der Waals surface area contributed by atoms with Crippen LogP contribution >= 0.6 is 11.3 Å². The largest absolute Gasteiger partial charge is 0.396 e. The van der Waals surface area contributed by atoms with Gasteiger partial charge in [0.1, 0.15) is 4.83 Å². The number of aromatic nitrogens is 2. The van der Waals surface area contributed by atoms with Gasteiger partial charge in [0.25, 0.3) is 11.5 Å². The number of aliphatic hydroxyl groups is 1. The third kappa shape index (κ3) is 2.47. The van der Waals surface area contributed by atoms with Crippen LogP contribution in [-0.2, 0) is 0 Å². The van der Waals surface area contributed by atoms with Crippen molar-refractivity contribution in [2.45, 2.75) is 19.8 Å². The highest BCUT2D eigenvalue weighted by atomic mass is 32.1. The maximum Gasteiger partial charge on any atom is 0.264 e. The van der Waals surface area contributed by atoms with Crippen molar-refractivity contribution in [2.75, 3.05) is 19.7 Å². The van der Waals surface area contributed by atoms with Crippen LogP contribution in [0.1, 0.15) is 28.1 Å². The lowest BCUT2D eigenvalue weighted by Crippen LogP contribution is -2.40. The van der Waals surface area contributed by atoms with Gasteiger partial charge in [0.05, 0.1) is 16.6 Å². The van der Waals surface area contributed by atoms with E-state index in [2.05, 4.69) is 9.97 Å². The first kappa shape index (κ1) is 14.2. The van der Waals surface area contributed by atoms with E-state index in [4.69, 9.17) is 0 Å². The molecule has 0 radical (unpaired) electrons. The van der Waals surface area contributed by atoms with Gasteiger partial charge in [0.15, 0.2) is 0 Å². The second-order valence-electron chi connectivity index (χ2n) is 5.41. The van der Waals surface area contributed by atoms with E-state index in [9.17, 15) is 14.7 Å². The minimum absolute atomic E-state index is 0.0620. The third-order valence-corrected chi connectivity index (χ3v) is 5.18. The highest BCUT2D eigenvalue weighted by Crippen LogP contribution is 2.29. The fourth-order valence-corrected chi connectivity index (χ4v) is 3.94. The predicted octanol–water partition coefficient (Wildman–Crippen LogP) is 1.14. The number of amides is 1.